The van der Waals surface area contributed by atoms with Gasteiger partial charge in [-0.1, -0.05) is 18.2 Å². The van der Waals surface area contributed by atoms with Crippen molar-refractivity contribution in [3.63, 3.8) is 0 Å². The van der Waals surface area contributed by atoms with E-state index in [4.69, 9.17) is 9.47 Å². The number of hydrogen-bond acceptors (Lipinski definition) is 7. The molecule has 1 atom stereocenters. The zero-order valence-electron chi connectivity index (χ0n) is 16.9. The molecule has 0 saturated carbocycles. The summed E-state index contributed by atoms with van der Waals surface area (Å²) < 4.78 is 10.7. The van der Waals surface area contributed by atoms with Crippen molar-refractivity contribution >= 4 is 44.4 Å². The zero-order chi connectivity index (χ0) is 21.6. The van der Waals surface area contributed by atoms with Gasteiger partial charge in [-0.15, -0.1) is 11.3 Å². The summed E-state index contributed by atoms with van der Waals surface area (Å²) in [5, 5.41) is 5.88. The SMILES string of the molecule is COC(=O)C1=C(C)NC(c2csc3c([nH]c4ccccc43)c2=O)C(C(=O)OC)=C1C. The summed E-state index contributed by atoms with van der Waals surface area (Å²) in [4.78, 5) is 41.5. The quantitative estimate of drug-likeness (QED) is 0.626. The molecule has 7 nitrogen and oxygen atoms in total. The third-order valence-corrected chi connectivity index (χ3v) is 6.39. The van der Waals surface area contributed by atoms with Gasteiger partial charge in [0.05, 0.1) is 36.1 Å². The van der Waals surface area contributed by atoms with Crippen molar-refractivity contribution in [3.8, 4) is 0 Å². The number of fused-ring (bicyclic) bond motifs is 3. The first-order chi connectivity index (χ1) is 14.4. The van der Waals surface area contributed by atoms with E-state index in [2.05, 4.69) is 10.3 Å². The molecule has 8 heteroatoms. The summed E-state index contributed by atoms with van der Waals surface area (Å²) >= 11 is 1.43. The van der Waals surface area contributed by atoms with Crippen LogP contribution in [0.3, 0.4) is 0 Å². The van der Waals surface area contributed by atoms with E-state index < -0.39 is 18.0 Å². The number of dihydropyridines is 1. The van der Waals surface area contributed by atoms with E-state index in [1.165, 1.54) is 25.6 Å². The Morgan fingerprint density at radius 1 is 1.07 bits per heavy atom. The second-order valence-electron chi connectivity index (χ2n) is 6.99. The number of allylic oxidation sites excluding steroid dienone is 1. The van der Waals surface area contributed by atoms with Crippen LogP contribution in [0.15, 0.2) is 56.9 Å². The Hall–Kier alpha value is -3.39. The van der Waals surface area contributed by atoms with Crippen LogP contribution in [-0.2, 0) is 19.1 Å². The van der Waals surface area contributed by atoms with Crippen LogP contribution >= 0.6 is 11.3 Å². The minimum absolute atomic E-state index is 0.207. The number of carbonyl (C=O) groups is 2. The predicted octanol–water partition coefficient (Wildman–Crippen LogP) is 3.32. The molecule has 0 fully saturated rings. The van der Waals surface area contributed by atoms with E-state index in [-0.39, 0.29) is 16.6 Å². The van der Waals surface area contributed by atoms with Gasteiger partial charge in [0.2, 0.25) is 5.43 Å². The molecular formula is C22H20N2O5S. The van der Waals surface area contributed by atoms with Crippen molar-refractivity contribution in [2.24, 2.45) is 0 Å². The number of aromatic amines is 1. The van der Waals surface area contributed by atoms with Gasteiger partial charge in [-0.05, 0) is 25.5 Å². The Morgan fingerprint density at radius 3 is 2.47 bits per heavy atom. The molecule has 30 heavy (non-hydrogen) atoms. The Morgan fingerprint density at radius 2 is 1.77 bits per heavy atom. The molecule has 3 aromatic rings. The van der Waals surface area contributed by atoms with E-state index in [1.54, 1.807) is 19.2 Å². The van der Waals surface area contributed by atoms with Gasteiger partial charge in [-0.3, -0.25) is 4.79 Å². The molecule has 1 aliphatic rings. The maximum Gasteiger partial charge on any atom is 0.339 e. The number of H-pyrrole nitrogens is 1. The Kier molecular flexibility index (Phi) is 4.95. The fourth-order valence-electron chi connectivity index (χ4n) is 3.93. The molecule has 4 rings (SSSR count). The molecule has 2 aromatic heterocycles. The summed E-state index contributed by atoms with van der Waals surface area (Å²) in [6, 6.07) is 6.96. The highest BCUT2D eigenvalue weighted by molar-refractivity contribution is 7.17. The van der Waals surface area contributed by atoms with Gasteiger partial charge in [0.1, 0.15) is 5.52 Å². The number of hydrogen-bond donors (Lipinski definition) is 2. The average Bonchev–Trinajstić information content (AvgIpc) is 3.12. The molecule has 0 radical (unpaired) electrons. The van der Waals surface area contributed by atoms with Gasteiger partial charge >= 0.3 is 11.9 Å². The number of ether oxygens (including phenoxy) is 2. The maximum atomic E-state index is 13.4. The van der Waals surface area contributed by atoms with Crippen LogP contribution in [0.1, 0.15) is 25.5 Å². The molecule has 1 aromatic carbocycles. The molecule has 0 spiro atoms. The topological polar surface area (TPSA) is 97.5 Å². The third kappa shape index (κ3) is 2.91. The van der Waals surface area contributed by atoms with Gasteiger partial charge in [-0.25, -0.2) is 9.59 Å². The van der Waals surface area contributed by atoms with E-state index >= 15 is 0 Å². The van der Waals surface area contributed by atoms with Gasteiger partial charge in [-0.2, -0.15) is 0 Å². The number of aromatic nitrogens is 1. The van der Waals surface area contributed by atoms with Gasteiger partial charge in [0, 0.05) is 27.5 Å². The molecular weight excluding hydrogens is 404 g/mol. The fourth-order valence-corrected chi connectivity index (χ4v) is 4.99. The Labute approximate surface area is 176 Å². The third-order valence-electron chi connectivity index (χ3n) is 5.36. The van der Waals surface area contributed by atoms with Crippen LogP contribution in [0.2, 0.25) is 0 Å². The normalized spacial score (nSPS) is 16.7. The number of benzene rings is 1. The van der Waals surface area contributed by atoms with Gasteiger partial charge in [0.25, 0.3) is 0 Å². The van der Waals surface area contributed by atoms with E-state index in [0.29, 0.717) is 22.4 Å². The van der Waals surface area contributed by atoms with Crippen molar-refractivity contribution in [2.45, 2.75) is 19.9 Å². The molecule has 0 saturated heterocycles. The minimum atomic E-state index is -0.745. The highest BCUT2D eigenvalue weighted by atomic mass is 32.1. The molecule has 154 valence electrons. The molecule has 1 aliphatic heterocycles. The number of para-hydroxylation sites is 1. The van der Waals surface area contributed by atoms with Crippen LogP contribution in [-0.4, -0.2) is 31.1 Å². The highest BCUT2D eigenvalue weighted by Gasteiger charge is 2.35. The lowest BCUT2D eigenvalue weighted by Crippen LogP contribution is -2.35. The lowest BCUT2D eigenvalue weighted by Gasteiger charge is -2.29. The smallest absolute Gasteiger partial charge is 0.339 e. The number of nitrogens with one attached hydrogen (secondary N) is 2. The fraction of sp³-hybridized carbons (Fsp3) is 0.227. The van der Waals surface area contributed by atoms with Crippen LogP contribution in [0.25, 0.3) is 21.1 Å². The van der Waals surface area contributed by atoms with Crippen LogP contribution in [0, 0.1) is 0 Å². The average molecular weight is 424 g/mol. The molecule has 2 N–H and O–H groups in total. The van der Waals surface area contributed by atoms with Crippen molar-refractivity contribution in [2.75, 3.05) is 14.2 Å². The molecule has 3 heterocycles. The Balaban J connectivity index is 1.94. The molecule has 0 amide bonds. The van der Waals surface area contributed by atoms with Crippen LogP contribution < -0.4 is 10.7 Å². The summed E-state index contributed by atoms with van der Waals surface area (Å²) in [6.45, 7) is 3.37. The molecule has 0 bridgehead atoms. The summed E-state index contributed by atoms with van der Waals surface area (Å²) in [6.07, 6.45) is 0. The summed E-state index contributed by atoms with van der Waals surface area (Å²) in [5.41, 5.74) is 2.99. The Bertz CT molecular complexity index is 1330. The first-order valence-corrected chi connectivity index (χ1v) is 10.1. The number of carbonyl (C=O) groups excluding carboxylic acids is 2. The number of rotatable bonds is 3. The van der Waals surface area contributed by atoms with Crippen molar-refractivity contribution in [1.82, 2.24) is 10.3 Å². The minimum Gasteiger partial charge on any atom is -0.466 e. The van der Waals surface area contributed by atoms with E-state index in [0.717, 1.165) is 15.6 Å². The van der Waals surface area contributed by atoms with Crippen LogP contribution in [0.5, 0.6) is 0 Å². The maximum absolute atomic E-state index is 13.4. The summed E-state index contributed by atoms with van der Waals surface area (Å²) in [7, 11) is 2.55. The summed E-state index contributed by atoms with van der Waals surface area (Å²) in [5.74, 6) is -1.17. The predicted molar refractivity (Wildman–Crippen MR) is 115 cm³/mol. The number of methoxy groups -OCH3 is 2. The first kappa shape index (κ1) is 19.9. The second-order valence-corrected chi connectivity index (χ2v) is 7.87. The highest BCUT2D eigenvalue weighted by Crippen LogP contribution is 2.36. The lowest BCUT2D eigenvalue weighted by molar-refractivity contribution is -0.136. The molecule has 1 unspecified atom stereocenters. The van der Waals surface area contributed by atoms with Crippen molar-refractivity contribution in [3.05, 3.63) is 67.8 Å². The van der Waals surface area contributed by atoms with Crippen molar-refractivity contribution in [1.29, 1.82) is 0 Å². The number of esters is 2. The van der Waals surface area contributed by atoms with E-state index in [1.807, 2.05) is 24.3 Å². The van der Waals surface area contributed by atoms with Crippen molar-refractivity contribution < 1.29 is 19.1 Å². The standard InChI is InChI=1S/C22H20N2O5S/c1-10-15(21(26)28-3)11(2)23-17(16(10)22(27)29-4)13-9-30-20-12-7-5-6-8-14(12)24-18(20)19(13)25/h5-9,17,23-24H,1-4H3. The zero-order valence-corrected chi connectivity index (χ0v) is 17.7. The van der Waals surface area contributed by atoms with Gasteiger partial charge in [0.15, 0.2) is 0 Å². The monoisotopic (exact) mass is 424 g/mol. The van der Waals surface area contributed by atoms with Gasteiger partial charge < -0.3 is 19.8 Å². The lowest BCUT2D eigenvalue weighted by atomic mass is 9.87. The first-order valence-electron chi connectivity index (χ1n) is 9.26. The van der Waals surface area contributed by atoms with E-state index in [9.17, 15) is 14.4 Å². The second kappa shape index (κ2) is 7.46. The molecule has 0 aliphatic carbocycles. The largest absolute Gasteiger partial charge is 0.466 e. The van der Waals surface area contributed by atoms with Crippen LogP contribution in [0.4, 0.5) is 0 Å².